The molecule has 0 bridgehead atoms. The molecule has 0 nitrogen and oxygen atoms in total. The largest absolute Gasteiger partial charge is 0.0857 e. The number of fused-ring (bicyclic) bond motifs is 2. The van der Waals surface area contributed by atoms with Gasteiger partial charge in [0.2, 0.25) is 0 Å². The first kappa shape index (κ1) is 27.9. The number of rotatable bonds is 4. The highest BCUT2D eigenvalue weighted by Crippen LogP contribution is 2.41. The maximum Gasteiger partial charge on any atom is 0.0857 e. The summed E-state index contributed by atoms with van der Waals surface area (Å²) in [7, 11) is -7.09. The molecule has 4 atom stereocenters. The first-order valence-electron chi connectivity index (χ1n) is 13.9. The topological polar surface area (TPSA) is 0 Å². The lowest BCUT2D eigenvalue weighted by Crippen LogP contribution is -2.82. The van der Waals surface area contributed by atoms with Gasteiger partial charge >= 0.3 is 0 Å². The van der Waals surface area contributed by atoms with Crippen LogP contribution in [0.5, 0.6) is 0 Å². The Morgan fingerprint density at radius 3 is 0.941 bits per heavy atom. The van der Waals surface area contributed by atoms with E-state index in [1.165, 1.54) is 12.1 Å². The quantitative estimate of drug-likeness (QED) is 0.369. The van der Waals surface area contributed by atoms with Crippen LogP contribution in [0.25, 0.3) is 0 Å². The van der Waals surface area contributed by atoms with E-state index in [2.05, 4.69) is 130 Å². The maximum absolute atomic E-state index is 2.82. The SMILES string of the molecule is CC(C)[Si@]1(C)CC[Si@@](C)(C(C)C)c2ccccc2[Si@](C)(C(C)C)[Si@@](C)(C(C)C)c2ccccc21. The summed E-state index contributed by atoms with van der Waals surface area (Å²) in [5.41, 5.74) is 3.01. The second-order valence-corrected chi connectivity index (χ2v) is 37.9. The molecule has 0 N–H and O–H groups in total. The normalized spacial score (nSPS) is 32.2. The van der Waals surface area contributed by atoms with Crippen molar-refractivity contribution in [3.8, 4) is 0 Å². The molecule has 0 radical (unpaired) electrons. The highest BCUT2D eigenvalue weighted by molar-refractivity contribution is 7.52. The molecular formula is C30H52Si4. The van der Waals surface area contributed by atoms with E-state index < -0.39 is 31.3 Å². The summed E-state index contributed by atoms with van der Waals surface area (Å²) < 4.78 is 0. The van der Waals surface area contributed by atoms with Crippen molar-refractivity contribution < 1.29 is 0 Å². The van der Waals surface area contributed by atoms with Crippen LogP contribution in [-0.2, 0) is 0 Å². The van der Waals surface area contributed by atoms with Crippen LogP contribution in [0.3, 0.4) is 0 Å². The third-order valence-corrected chi connectivity index (χ3v) is 44.8. The van der Waals surface area contributed by atoms with Crippen LogP contribution in [0.2, 0.25) is 60.4 Å². The summed E-state index contributed by atoms with van der Waals surface area (Å²) in [6, 6.07) is 22.8. The van der Waals surface area contributed by atoms with Gasteiger partial charge in [0, 0.05) is 0 Å². The smallest absolute Gasteiger partial charge is 0.0667 e. The minimum Gasteiger partial charge on any atom is -0.0667 e. The van der Waals surface area contributed by atoms with Crippen molar-refractivity contribution in [2.75, 3.05) is 0 Å². The van der Waals surface area contributed by atoms with E-state index in [-0.39, 0.29) is 0 Å². The van der Waals surface area contributed by atoms with E-state index in [1.807, 2.05) is 20.7 Å². The van der Waals surface area contributed by atoms with Crippen LogP contribution in [-0.4, -0.2) is 31.3 Å². The molecule has 0 amide bonds. The van der Waals surface area contributed by atoms with E-state index >= 15 is 0 Å². The molecular weight excluding hydrogens is 473 g/mol. The maximum atomic E-state index is 2.82. The van der Waals surface area contributed by atoms with E-state index in [0.29, 0.717) is 0 Å². The summed E-state index contributed by atoms with van der Waals surface area (Å²) >= 11 is 0. The molecule has 188 valence electrons. The minimum atomic E-state index is -1.88. The summed E-state index contributed by atoms with van der Waals surface area (Å²) in [5.74, 6) is 0. The van der Waals surface area contributed by atoms with E-state index in [1.54, 1.807) is 0 Å². The van der Waals surface area contributed by atoms with Crippen LogP contribution in [0.4, 0.5) is 0 Å². The fourth-order valence-electron chi connectivity index (χ4n) is 7.24. The van der Waals surface area contributed by atoms with Crippen molar-refractivity contribution in [1.29, 1.82) is 0 Å². The lowest BCUT2D eigenvalue weighted by Gasteiger charge is -2.54. The third kappa shape index (κ3) is 3.95. The van der Waals surface area contributed by atoms with Gasteiger partial charge in [0.15, 0.2) is 0 Å². The Balaban J connectivity index is 2.59. The molecule has 1 aliphatic heterocycles. The van der Waals surface area contributed by atoms with Crippen molar-refractivity contribution in [2.24, 2.45) is 0 Å². The van der Waals surface area contributed by atoms with Crippen LogP contribution in [0.15, 0.2) is 48.5 Å². The summed E-state index contributed by atoms with van der Waals surface area (Å²) in [5, 5.41) is 7.37. The van der Waals surface area contributed by atoms with Gasteiger partial charge in [0.1, 0.15) is 0 Å². The van der Waals surface area contributed by atoms with E-state index in [9.17, 15) is 0 Å². The molecule has 0 spiro atoms. The first-order valence-corrected chi connectivity index (χ1v) is 25.6. The lowest BCUT2D eigenvalue weighted by molar-refractivity contribution is 0.970. The molecule has 0 unspecified atom stereocenters. The zero-order valence-corrected chi connectivity index (χ0v) is 28.3. The van der Waals surface area contributed by atoms with E-state index in [0.717, 1.165) is 22.2 Å². The average Bonchev–Trinajstić information content (AvgIpc) is 2.80. The fraction of sp³-hybridized carbons (Fsp3) is 0.600. The molecule has 0 fully saturated rings. The minimum absolute atomic E-state index is 0.734. The van der Waals surface area contributed by atoms with Gasteiger partial charge in [-0.25, -0.2) is 0 Å². The van der Waals surface area contributed by atoms with Gasteiger partial charge < -0.3 is 0 Å². The van der Waals surface area contributed by atoms with Gasteiger partial charge in [-0.2, -0.15) is 0 Å². The van der Waals surface area contributed by atoms with Crippen LogP contribution in [0.1, 0.15) is 55.4 Å². The molecule has 2 aromatic carbocycles. The van der Waals surface area contributed by atoms with Gasteiger partial charge in [0.25, 0.3) is 0 Å². The van der Waals surface area contributed by atoms with Crippen molar-refractivity contribution in [1.82, 2.24) is 0 Å². The number of benzene rings is 2. The Labute approximate surface area is 215 Å². The molecule has 0 aliphatic carbocycles. The third-order valence-electron chi connectivity index (χ3n) is 11.3. The molecule has 0 saturated carbocycles. The van der Waals surface area contributed by atoms with Gasteiger partial charge in [-0.1, -0.05) is 163 Å². The molecule has 1 aliphatic rings. The molecule has 3 rings (SSSR count). The average molecular weight is 525 g/mol. The van der Waals surface area contributed by atoms with Crippen molar-refractivity contribution in [2.45, 2.75) is 116 Å². The van der Waals surface area contributed by atoms with Crippen molar-refractivity contribution in [3.63, 3.8) is 0 Å². The van der Waals surface area contributed by atoms with Crippen LogP contribution in [0, 0.1) is 0 Å². The van der Waals surface area contributed by atoms with Crippen LogP contribution >= 0.6 is 0 Å². The zero-order chi connectivity index (χ0) is 25.7. The molecule has 0 saturated heterocycles. The second kappa shape index (κ2) is 9.64. The van der Waals surface area contributed by atoms with Gasteiger partial charge in [-0.05, 0) is 22.2 Å². The van der Waals surface area contributed by atoms with Crippen molar-refractivity contribution in [3.05, 3.63) is 48.5 Å². The Morgan fingerprint density at radius 2 is 0.706 bits per heavy atom. The molecule has 34 heavy (non-hydrogen) atoms. The van der Waals surface area contributed by atoms with Crippen molar-refractivity contribution >= 4 is 52.1 Å². The monoisotopic (exact) mass is 524 g/mol. The molecule has 2 aromatic rings. The molecule has 1 heterocycles. The van der Waals surface area contributed by atoms with Gasteiger partial charge in [-0.3, -0.25) is 0 Å². The predicted molar refractivity (Wildman–Crippen MR) is 168 cm³/mol. The standard InChI is InChI=1S/C30H52Si4/c1-23(2)31(9)21-22-32(10,24(3)4)28-18-14-16-20-30(28)34(12,26(7)8)33(11,25(5)6)29-19-15-13-17-27(29)31/h13-20,23-26H,21-22H2,1-12H3/t31-,32-,33-,34-/m0/s1. The Kier molecular flexibility index (Phi) is 7.91. The first-order chi connectivity index (χ1) is 15.7. The van der Waals surface area contributed by atoms with Gasteiger partial charge in [-0.15, -0.1) is 0 Å². The fourth-order valence-corrected chi connectivity index (χ4v) is 39.5. The van der Waals surface area contributed by atoms with E-state index in [4.69, 9.17) is 0 Å². The zero-order valence-electron chi connectivity index (χ0n) is 24.3. The molecule has 4 heteroatoms. The second-order valence-electron chi connectivity index (χ2n) is 13.4. The summed E-state index contributed by atoms with van der Waals surface area (Å²) in [6.07, 6.45) is 0. The van der Waals surface area contributed by atoms with Crippen LogP contribution < -0.4 is 20.7 Å². The highest BCUT2D eigenvalue weighted by Gasteiger charge is 2.58. The Morgan fingerprint density at radius 1 is 0.441 bits per heavy atom. The Bertz CT molecular complexity index is 931. The number of hydrogen-bond acceptors (Lipinski definition) is 0. The summed E-state index contributed by atoms with van der Waals surface area (Å²) in [6.45, 7) is 31.7. The number of hydrogen-bond donors (Lipinski definition) is 0. The molecule has 0 aromatic heterocycles. The lowest BCUT2D eigenvalue weighted by atomic mass is 10.4. The predicted octanol–water partition coefficient (Wildman–Crippen LogP) is 7.26. The summed E-state index contributed by atoms with van der Waals surface area (Å²) in [4.78, 5) is 0. The van der Waals surface area contributed by atoms with Gasteiger partial charge in [0.05, 0.1) is 31.3 Å². The Hall–Kier alpha value is -0.692. The highest BCUT2D eigenvalue weighted by atomic mass is 29.3.